The van der Waals surface area contributed by atoms with E-state index in [-0.39, 0.29) is 35.8 Å². The summed E-state index contributed by atoms with van der Waals surface area (Å²) in [4.78, 5) is 38.4. The number of aliphatic hydroxyl groups is 1. The number of benzene rings is 2. The van der Waals surface area contributed by atoms with Crippen LogP contribution in [0.4, 0.5) is 11.4 Å². The van der Waals surface area contributed by atoms with Crippen LogP contribution < -0.4 is 4.90 Å². The molecule has 0 aromatic heterocycles. The molecule has 0 saturated carbocycles. The first-order chi connectivity index (χ1) is 17.9. The third-order valence-corrected chi connectivity index (χ3v) is 7.75. The van der Waals surface area contributed by atoms with E-state index in [0.29, 0.717) is 11.4 Å². The Morgan fingerprint density at radius 3 is 2.16 bits per heavy atom. The lowest BCUT2D eigenvalue weighted by molar-refractivity contribution is -0.428. The molecule has 194 valence electrons. The van der Waals surface area contributed by atoms with Crippen LogP contribution in [0, 0.1) is 0 Å². The van der Waals surface area contributed by atoms with Gasteiger partial charge in [0.05, 0.1) is 16.6 Å². The molecule has 1 aliphatic carbocycles. The molecule has 0 saturated heterocycles. The monoisotopic (exact) mass is 513 g/mol. The Labute approximate surface area is 220 Å². The van der Waals surface area contributed by atoms with Gasteiger partial charge in [-0.05, 0) is 31.6 Å². The number of nitrogens with zero attached hydrogens (tertiary/aromatic N) is 2. The smallest absolute Gasteiger partial charge is 0.370 e. The highest BCUT2D eigenvalue weighted by Crippen LogP contribution is 2.49. The first-order valence-corrected chi connectivity index (χ1v) is 12.3. The van der Waals surface area contributed by atoms with E-state index in [1.54, 1.807) is 21.6 Å². The first-order valence-electron chi connectivity index (χ1n) is 12.3. The van der Waals surface area contributed by atoms with E-state index in [2.05, 4.69) is 0 Å². The van der Waals surface area contributed by atoms with Crippen molar-refractivity contribution in [1.29, 1.82) is 0 Å². The van der Waals surface area contributed by atoms with Crippen molar-refractivity contribution >= 4 is 34.8 Å². The second-order valence-corrected chi connectivity index (χ2v) is 10.8. The lowest BCUT2D eigenvalue weighted by Crippen LogP contribution is -2.33. The standard InChI is InChI=1S/C30H28N2O6/c1-29(2)19-9-5-7-11-21(19)31(15-25(33)34)23(29)13-17-27(37)18(28(17)38)14-24-30(3,4)20-10-6-8-12-22(20)32(24)16-26(35)36/h5-14H,15-16H2,1-4H3,(H2-,33,34,35,36,37,38)/p+1. The van der Waals surface area contributed by atoms with Gasteiger partial charge in [0, 0.05) is 34.5 Å². The summed E-state index contributed by atoms with van der Waals surface area (Å²) < 4.78 is 1.66. The van der Waals surface area contributed by atoms with Crippen LogP contribution in [-0.2, 0) is 25.2 Å². The maximum absolute atomic E-state index is 13.4. The van der Waals surface area contributed by atoms with E-state index < -0.39 is 22.8 Å². The number of carboxylic acids is 2. The highest BCUT2D eigenvalue weighted by atomic mass is 16.4. The van der Waals surface area contributed by atoms with Gasteiger partial charge >= 0.3 is 11.9 Å². The molecule has 0 fully saturated rings. The lowest BCUT2D eigenvalue weighted by atomic mass is 9.77. The molecule has 0 bridgehead atoms. The zero-order valence-electron chi connectivity index (χ0n) is 21.6. The Morgan fingerprint density at radius 2 is 1.53 bits per heavy atom. The molecule has 3 N–H and O–H groups in total. The number of allylic oxidation sites excluding steroid dienone is 5. The number of carboxylic acid groups (broad SMARTS) is 2. The van der Waals surface area contributed by atoms with Crippen LogP contribution in [0.1, 0.15) is 38.8 Å². The number of para-hydroxylation sites is 2. The fraction of sp³-hybridized carbons (Fsp3) is 0.267. The van der Waals surface area contributed by atoms with E-state index >= 15 is 0 Å². The molecule has 0 atom stereocenters. The predicted molar refractivity (Wildman–Crippen MR) is 142 cm³/mol. The Hall–Kier alpha value is -4.46. The number of ketones is 1. The molecule has 3 aliphatic rings. The highest BCUT2D eigenvalue weighted by Gasteiger charge is 2.47. The molecule has 5 rings (SSSR count). The molecule has 8 nitrogen and oxygen atoms in total. The highest BCUT2D eigenvalue weighted by molar-refractivity contribution is 6.24. The molecule has 0 unspecified atom stereocenters. The quantitative estimate of drug-likeness (QED) is 0.391. The van der Waals surface area contributed by atoms with Gasteiger partial charge in [-0.25, -0.2) is 4.79 Å². The summed E-state index contributed by atoms with van der Waals surface area (Å²) >= 11 is 0. The maximum Gasteiger partial charge on any atom is 0.370 e. The third kappa shape index (κ3) is 3.67. The molecule has 0 amide bonds. The van der Waals surface area contributed by atoms with Crippen LogP contribution in [0.15, 0.2) is 83.3 Å². The van der Waals surface area contributed by atoms with Gasteiger partial charge in [-0.2, -0.15) is 4.58 Å². The fourth-order valence-corrected chi connectivity index (χ4v) is 5.80. The molecular weight excluding hydrogens is 484 g/mol. The minimum absolute atomic E-state index is 0.0984. The predicted octanol–water partition coefficient (Wildman–Crippen LogP) is 4.23. The van der Waals surface area contributed by atoms with Crippen molar-refractivity contribution in [3.8, 4) is 0 Å². The summed E-state index contributed by atoms with van der Waals surface area (Å²) in [6.07, 6.45) is 3.15. The number of carbonyl (C=O) groups excluding carboxylic acids is 1. The van der Waals surface area contributed by atoms with Crippen molar-refractivity contribution in [3.05, 3.63) is 94.4 Å². The van der Waals surface area contributed by atoms with E-state index in [4.69, 9.17) is 0 Å². The lowest BCUT2D eigenvalue weighted by Gasteiger charge is -2.28. The average Bonchev–Trinajstić information content (AvgIpc) is 3.19. The maximum atomic E-state index is 13.4. The van der Waals surface area contributed by atoms with Gasteiger partial charge in [-0.15, -0.1) is 0 Å². The molecule has 0 radical (unpaired) electrons. The summed E-state index contributed by atoms with van der Waals surface area (Å²) in [5.74, 6) is -2.61. The average molecular weight is 514 g/mol. The van der Waals surface area contributed by atoms with Crippen molar-refractivity contribution in [2.75, 3.05) is 18.0 Å². The van der Waals surface area contributed by atoms with Crippen molar-refractivity contribution in [2.24, 2.45) is 0 Å². The minimum Gasteiger partial charge on any atom is -0.506 e. The van der Waals surface area contributed by atoms with Crippen LogP contribution in [0.25, 0.3) is 0 Å². The number of rotatable bonds is 6. The van der Waals surface area contributed by atoms with Gasteiger partial charge < -0.3 is 20.2 Å². The van der Waals surface area contributed by atoms with E-state index in [9.17, 15) is 29.7 Å². The molecular formula is C30H29N2O6+. The fourth-order valence-electron chi connectivity index (χ4n) is 5.80. The van der Waals surface area contributed by atoms with Gasteiger partial charge in [0.1, 0.15) is 12.3 Å². The van der Waals surface area contributed by atoms with Crippen molar-refractivity contribution < 1.29 is 34.3 Å². The zero-order valence-corrected chi connectivity index (χ0v) is 21.6. The number of hydrogen-bond acceptors (Lipinski definition) is 5. The van der Waals surface area contributed by atoms with Gasteiger partial charge in [-0.1, -0.05) is 50.2 Å². The largest absolute Gasteiger partial charge is 0.506 e. The zero-order chi connectivity index (χ0) is 27.6. The first kappa shape index (κ1) is 25.2. The van der Waals surface area contributed by atoms with Crippen LogP contribution in [-0.4, -0.2) is 56.4 Å². The number of hydrogen-bond donors (Lipinski definition) is 3. The van der Waals surface area contributed by atoms with Crippen molar-refractivity contribution in [3.63, 3.8) is 0 Å². The van der Waals surface area contributed by atoms with Gasteiger partial charge in [0.25, 0.3) is 0 Å². The van der Waals surface area contributed by atoms with Gasteiger partial charge in [0.15, 0.2) is 5.71 Å². The molecule has 8 heteroatoms. The Balaban J connectivity index is 1.60. The number of Topliss-reactive ketones (excluding diaryl/α,β-unsaturated/α-hetero) is 1. The Kier molecular flexibility index (Phi) is 5.67. The minimum atomic E-state index is -1.01. The Morgan fingerprint density at radius 1 is 0.895 bits per heavy atom. The van der Waals surface area contributed by atoms with Crippen molar-refractivity contribution in [1.82, 2.24) is 0 Å². The number of fused-ring (bicyclic) bond motifs is 2. The molecule has 2 aliphatic heterocycles. The summed E-state index contributed by atoms with van der Waals surface area (Å²) in [5.41, 5.74) is 3.57. The third-order valence-electron chi connectivity index (χ3n) is 7.75. The molecule has 38 heavy (non-hydrogen) atoms. The summed E-state index contributed by atoms with van der Waals surface area (Å²) in [6, 6.07) is 15.0. The van der Waals surface area contributed by atoms with Crippen LogP contribution >= 0.6 is 0 Å². The van der Waals surface area contributed by atoms with Gasteiger partial charge in [0.2, 0.25) is 18.0 Å². The van der Waals surface area contributed by atoms with Crippen LogP contribution in [0.5, 0.6) is 0 Å². The number of anilines is 1. The number of carbonyl (C=O) groups is 3. The summed E-state index contributed by atoms with van der Waals surface area (Å²) in [7, 11) is 0. The van der Waals surface area contributed by atoms with E-state index in [1.165, 1.54) is 0 Å². The molecule has 2 aromatic carbocycles. The number of aliphatic hydroxyl groups excluding tert-OH is 1. The van der Waals surface area contributed by atoms with Crippen LogP contribution in [0.2, 0.25) is 0 Å². The SMILES string of the molecule is CC1(C)C(/C=C2/C(=O)C(/C=C3\N(CC(=O)O)c4ccccc4C3(C)C)=C2O)=[N+](CC(=O)O)c2ccccc21. The van der Waals surface area contributed by atoms with Gasteiger partial charge in [-0.3, -0.25) is 9.59 Å². The summed E-state index contributed by atoms with van der Waals surface area (Å²) in [6.45, 7) is 7.24. The van der Waals surface area contributed by atoms with Crippen molar-refractivity contribution in [2.45, 2.75) is 38.5 Å². The summed E-state index contributed by atoms with van der Waals surface area (Å²) in [5, 5.41) is 30.1. The molecule has 2 heterocycles. The van der Waals surface area contributed by atoms with E-state index in [1.807, 2.05) is 76.2 Å². The molecule has 2 aromatic rings. The topological polar surface area (TPSA) is 118 Å². The normalized spacial score (nSPS) is 21.2. The second-order valence-electron chi connectivity index (χ2n) is 10.8. The molecule has 0 spiro atoms. The number of aliphatic carboxylic acids is 2. The van der Waals surface area contributed by atoms with E-state index in [0.717, 1.165) is 22.5 Å². The van der Waals surface area contributed by atoms with Crippen LogP contribution in [0.3, 0.4) is 0 Å². The second kappa shape index (κ2) is 8.55. The Bertz CT molecular complexity index is 1550.